The van der Waals surface area contributed by atoms with Gasteiger partial charge >= 0.3 is 28.8 Å². The fraction of sp³-hybridized carbons (Fsp3) is 0.311. The summed E-state index contributed by atoms with van der Waals surface area (Å²) >= 11 is 0. The molecule has 4 saturated carbocycles. The fourth-order valence-electron chi connectivity index (χ4n) is 5.99. The van der Waals surface area contributed by atoms with Gasteiger partial charge in [0.25, 0.3) is 5.91 Å². The Hall–Kier alpha value is -8.11. The number of H-pyrrole nitrogens is 2. The number of rotatable bonds is 6. The summed E-state index contributed by atoms with van der Waals surface area (Å²) in [6.07, 6.45) is 17.5. The maximum Gasteiger partial charge on any atom is 0.420 e. The van der Waals surface area contributed by atoms with Crippen molar-refractivity contribution in [3.8, 4) is 0 Å². The second kappa shape index (κ2) is 22.2. The van der Waals surface area contributed by atoms with Crippen LogP contribution in [0.1, 0.15) is 72.9 Å². The average Bonchev–Trinajstić information content (AvgIpc) is 4.09. The Kier molecular flexibility index (Phi) is 15.5. The van der Waals surface area contributed by atoms with E-state index in [-0.39, 0.29) is 28.5 Å². The Labute approximate surface area is 380 Å². The molecule has 0 atom stereocenters. The molecule has 0 radical (unpaired) electrons. The molecular weight excluding hydrogens is 865 g/mol. The zero-order valence-electron chi connectivity index (χ0n) is 36.2. The van der Waals surface area contributed by atoms with Gasteiger partial charge in [-0.1, -0.05) is 12.1 Å². The van der Waals surface area contributed by atoms with E-state index in [0.29, 0.717) is 47.4 Å². The monoisotopic (exact) mass is 914 g/mol. The average molecular weight is 915 g/mol. The number of pyridine rings is 5. The first-order valence-corrected chi connectivity index (χ1v) is 21.6. The summed E-state index contributed by atoms with van der Waals surface area (Å²) in [6, 6.07) is 19.7. The van der Waals surface area contributed by atoms with Gasteiger partial charge < -0.3 is 41.6 Å². The largest absolute Gasteiger partial charge is 0.420 e. The molecule has 7 aromatic rings. The number of fused-ring (bicyclic) bond motifs is 3. The molecule has 348 valence electrons. The molecule has 22 heteroatoms. The first-order chi connectivity index (χ1) is 32.4. The second-order valence-electron chi connectivity index (χ2n) is 15.9. The molecule has 4 fully saturated rings. The van der Waals surface area contributed by atoms with Crippen LogP contribution in [0, 0.1) is 0 Å². The molecule has 11 N–H and O–H groups in total. The maximum atomic E-state index is 11.6. The summed E-state index contributed by atoms with van der Waals surface area (Å²) in [5, 5.41) is 9.33. The lowest BCUT2D eigenvalue weighted by Gasteiger charge is -2.28. The van der Waals surface area contributed by atoms with Gasteiger partial charge in [-0.25, -0.2) is 48.9 Å². The number of urea groups is 1. The highest BCUT2D eigenvalue weighted by Gasteiger charge is 2.35. The normalized spacial score (nSPS) is 15.4. The highest BCUT2D eigenvalue weighted by molar-refractivity contribution is 5.98. The summed E-state index contributed by atoms with van der Waals surface area (Å²) in [5.74, 6) is -0.0134. The van der Waals surface area contributed by atoms with Gasteiger partial charge in [0.2, 0.25) is 0 Å². The van der Waals surface area contributed by atoms with Crippen LogP contribution < -0.4 is 55.9 Å². The summed E-state index contributed by atoms with van der Waals surface area (Å²) in [6.45, 7) is 1.56. The quantitative estimate of drug-likeness (QED) is 0.119. The van der Waals surface area contributed by atoms with Crippen LogP contribution in [0.25, 0.3) is 22.1 Å². The van der Waals surface area contributed by atoms with Crippen molar-refractivity contribution in [3.63, 3.8) is 0 Å². The SMILES string of the molecule is NC1CC1.Nc1ncccc1C(=O)NC1CC1.Nc1ncccc1CNC1CC1.O=C1Nc2ncccc2CN1C1CC1.O=c1[nH]c2cccnc2c(=O)o1.O=c1[nH]c2ncccc2c(=O)o1. The minimum absolute atomic E-state index is 0.00120. The van der Waals surface area contributed by atoms with Crippen molar-refractivity contribution in [1.29, 1.82) is 0 Å². The molecule has 0 spiro atoms. The van der Waals surface area contributed by atoms with Crippen LogP contribution in [-0.2, 0) is 13.1 Å². The van der Waals surface area contributed by atoms with Crippen LogP contribution >= 0.6 is 0 Å². The third kappa shape index (κ3) is 14.4. The summed E-state index contributed by atoms with van der Waals surface area (Å²) in [5.41, 5.74) is 18.5. The predicted octanol–water partition coefficient (Wildman–Crippen LogP) is 2.92. The van der Waals surface area contributed by atoms with Crippen LogP contribution in [0.4, 0.5) is 22.2 Å². The smallest absolute Gasteiger partial charge is 0.383 e. The number of amides is 3. The van der Waals surface area contributed by atoms with Crippen molar-refractivity contribution in [3.05, 3.63) is 150 Å². The summed E-state index contributed by atoms with van der Waals surface area (Å²) in [7, 11) is 0. The number of anilines is 3. The van der Waals surface area contributed by atoms with E-state index in [1.54, 1.807) is 48.9 Å². The lowest BCUT2D eigenvalue weighted by Crippen LogP contribution is -2.40. The Bertz CT molecular complexity index is 2950. The molecule has 22 nitrogen and oxygen atoms in total. The van der Waals surface area contributed by atoms with Crippen LogP contribution in [-0.4, -0.2) is 75.9 Å². The van der Waals surface area contributed by atoms with Gasteiger partial charge in [-0.15, -0.1) is 0 Å². The van der Waals surface area contributed by atoms with Crippen LogP contribution in [0.2, 0.25) is 0 Å². The lowest BCUT2D eigenvalue weighted by atomic mass is 10.2. The number of hydrogen-bond donors (Lipinski definition) is 8. The van der Waals surface area contributed by atoms with Gasteiger partial charge in [0.15, 0.2) is 5.52 Å². The molecule has 0 bridgehead atoms. The van der Waals surface area contributed by atoms with E-state index in [1.165, 1.54) is 44.1 Å². The molecular formula is C45H50N14O8. The van der Waals surface area contributed by atoms with E-state index in [2.05, 4.69) is 59.7 Å². The minimum Gasteiger partial charge on any atom is -0.383 e. The number of nitrogens with one attached hydrogen (secondary N) is 5. The van der Waals surface area contributed by atoms with E-state index in [0.717, 1.165) is 55.2 Å². The molecule has 0 aromatic carbocycles. The molecule has 3 amide bonds. The van der Waals surface area contributed by atoms with Gasteiger partial charge in [0, 0.05) is 72.8 Å². The number of nitrogens with zero attached hydrogens (tertiary/aromatic N) is 6. The standard InChI is InChI=1S/C10H11N3O.C9H11N3O.C9H13N3.2C7H4N2O3.C3H7N/c14-10-12-9-7(2-1-5-11-9)6-13(10)8-3-4-8;10-8-7(2-1-5-11-8)9(13)12-6-3-4-6;10-9-7(2-1-5-11-9)6-12-8-3-4-8;10-6-5-4(2-1-3-8-5)9-7(11)12-6;10-6-4-2-1-3-8-5(4)9-7(11)12-6;4-3-1-2-3/h1-2,5,8H,3-4,6H2,(H,11,12,14);1-2,5-6H,3-4H2,(H2,10,11)(H,12,13);1-2,5,8,12H,3-4,6H2,(H2,10,11);1-3H,(H,9,11);1-3H,(H,8,9,11);3H,1-2,4H2. The van der Waals surface area contributed by atoms with Crippen molar-refractivity contribution in [2.75, 3.05) is 16.8 Å². The van der Waals surface area contributed by atoms with Gasteiger partial charge in [0.05, 0.1) is 17.6 Å². The Morgan fingerprint density at radius 2 is 1.30 bits per heavy atom. The fourth-order valence-corrected chi connectivity index (χ4v) is 5.99. The van der Waals surface area contributed by atoms with Crippen molar-refractivity contribution >= 4 is 51.5 Å². The number of nitrogens with two attached hydrogens (primary N) is 3. The number of carbonyl (C=O) groups excluding carboxylic acids is 2. The number of hydrogen-bond acceptors (Lipinski definition) is 17. The van der Waals surface area contributed by atoms with E-state index >= 15 is 0 Å². The Morgan fingerprint density at radius 1 is 0.687 bits per heavy atom. The molecule has 12 rings (SSSR count). The van der Waals surface area contributed by atoms with Gasteiger partial charge in [0.1, 0.15) is 28.5 Å². The number of nitrogen functional groups attached to an aromatic ring is 2. The van der Waals surface area contributed by atoms with Gasteiger partial charge in [-0.2, -0.15) is 0 Å². The zero-order valence-corrected chi connectivity index (χ0v) is 36.2. The van der Waals surface area contributed by atoms with Crippen LogP contribution in [0.3, 0.4) is 0 Å². The van der Waals surface area contributed by atoms with Gasteiger partial charge in [-0.05, 0) is 99.9 Å². The van der Waals surface area contributed by atoms with Crippen molar-refractivity contribution in [2.24, 2.45) is 5.73 Å². The molecule has 67 heavy (non-hydrogen) atoms. The van der Waals surface area contributed by atoms with Crippen molar-refractivity contribution in [1.82, 2.24) is 50.4 Å². The first kappa shape index (κ1) is 46.9. The molecule has 0 unspecified atom stereocenters. The molecule has 1 aliphatic heterocycles. The molecule has 7 aromatic heterocycles. The summed E-state index contributed by atoms with van der Waals surface area (Å²) in [4.78, 5) is 92.4. The molecule has 5 aliphatic rings. The number of aromatic nitrogens is 7. The lowest BCUT2D eigenvalue weighted by molar-refractivity contribution is 0.0951. The van der Waals surface area contributed by atoms with Crippen LogP contribution in [0.5, 0.6) is 0 Å². The highest BCUT2D eigenvalue weighted by atomic mass is 16.4. The Balaban J connectivity index is 0.000000122. The highest BCUT2D eigenvalue weighted by Crippen LogP contribution is 2.32. The summed E-state index contributed by atoms with van der Waals surface area (Å²) < 4.78 is 8.54. The predicted molar refractivity (Wildman–Crippen MR) is 248 cm³/mol. The van der Waals surface area contributed by atoms with E-state index in [1.807, 2.05) is 29.2 Å². The third-order valence-corrected chi connectivity index (χ3v) is 10.3. The molecule has 8 heterocycles. The van der Waals surface area contributed by atoms with Crippen molar-refractivity contribution < 1.29 is 18.4 Å². The third-order valence-electron chi connectivity index (χ3n) is 10.3. The van der Waals surface area contributed by atoms with E-state index in [4.69, 9.17) is 17.2 Å². The molecule has 0 saturated heterocycles. The number of carbonyl (C=O) groups is 2. The minimum atomic E-state index is -0.786. The maximum absolute atomic E-state index is 11.6. The van der Waals surface area contributed by atoms with Gasteiger partial charge in [-0.3, -0.25) is 20.1 Å². The molecule has 4 aliphatic carbocycles. The second-order valence-corrected chi connectivity index (χ2v) is 15.9. The van der Waals surface area contributed by atoms with Crippen LogP contribution in [0.15, 0.2) is 120 Å². The zero-order chi connectivity index (χ0) is 47.3. The number of aromatic amines is 2. The Morgan fingerprint density at radius 3 is 1.99 bits per heavy atom. The van der Waals surface area contributed by atoms with Crippen molar-refractivity contribution in [2.45, 2.75) is 88.6 Å². The van der Waals surface area contributed by atoms with E-state index in [9.17, 15) is 28.8 Å². The van der Waals surface area contributed by atoms with E-state index < -0.39 is 22.8 Å². The topological polar surface area (TPSA) is 342 Å². The first-order valence-electron chi connectivity index (χ1n) is 21.6.